The van der Waals surface area contributed by atoms with Gasteiger partial charge in [-0.15, -0.1) is 0 Å². The number of aromatic nitrogens is 3. The molecule has 1 fully saturated rings. The average Bonchev–Trinajstić information content (AvgIpc) is 2.89. The molecule has 3 heterocycles. The number of piperidine rings is 1. The first-order chi connectivity index (χ1) is 16.3. The summed E-state index contributed by atoms with van der Waals surface area (Å²) in [4.78, 5) is 16.2. The Morgan fingerprint density at radius 2 is 1.85 bits per heavy atom. The Balaban J connectivity index is 1.44. The molecule has 1 saturated heterocycles. The van der Waals surface area contributed by atoms with Gasteiger partial charge in [0, 0.05) is 54.7 Å². The SMILES string of the molecule is COc1ccc2cc(-c3ccnc(CCCc4cccnc4)n3)cc(N3CCCCC3)c2c1. The first-order valence-electron chi connectivity index (χ1n) is 11.9. The average molecular weight is 439 g/mol. The van der Waals surface area contributed by atoms with Crippen LogP contribution in [0.1, 0.15) is 37.1 Å². The lowest BCUT2D eigenvalue weighted by molar-refractivity contribution is 0.415. The lowest BCUT2D eigenvalue weighted by Gasteiger charge is -2.30. The zero-order valence-corrected chi connectivity index (χ0v) is 19.2. The van der Waals surface area contributed by atoms with Crippen LogP contribution >= 0.6 is 0 Å². The van der Waals surface area contributed by atoms with Gasteiger partial charge < -0.3 is 9.64 Å². The highest BCUT2D eigenvalue weighted by atomic mass is 16.5. The van der Waals surface area contributed by atoms with E-state index in [2.05, 4.69) is 45.2 Å². The summed E-state index contributed by atoms with van der Waals surface area (Å²) in [6, 6.07) is 17.0. The zero-order chi connectivity index (χ0) is 22.5. The van der Waals surface area contributed by atoms with Gasteiger partial charge in [0.25, 0.3) is 0 Å². The molecule has 1 aliphatic heterocycles. The summed E-state index contributed by atoms with van der Waals surface area (Å²) in [7, 11) is 1.73. The molecule has 0 spiro atoms. The molecule has 0 aliphatic carbocycles. The molecule has 0 bridgehead atoms. The third-order valence-corrected chi connectivity index (χ3v) is 6.43. The molecule has 0 saturated carbocycles. The maximum atomic E-state index is 5.52. The topological polar surface area (TPSA) is 51.1 Å². The van der Waals surface area contributed by atoms with Gasteiger partial charge in [-0.3, -0.25) is 4.98 Å². The van der Waals surface area contributed by atoms with Crippen molar-refractivity contribution in [3.05, 3.63) is 78.5 Å². The maximum absolute atomic E-state index is 5.52. The van der Waals surface area contributed by atoms with E-state index in [0.717, 1.165) is 55.2 Å². The van der Waals surface area contributed by atoms with Crippen LogP contribution in [0.15, 0.2) is 67.1 Å². The summed E-state index contributed by atoms with van der Waals surface area (Å²) in [6.45, 7) is 2.19. The quantitative estimate of drug-likeness (QED) is 0.361. The van der Waals surface area contributed by atoms with Crippen LogP contribution in [0.2, 0.25) is 0 Å². The molecule has 5 nitrogen and oxygen atoms in total. The fourth-order valence-corrected chi connectivity index (χ4v) is 4.67. The molecule has 2 aromatic carbocycles. The van der Waals surface area contributed by atoms with Crippen LogP contribution in [0, 0.1) is 0 Å². The molecule has 0 unspecified atom stereocenters. The zero-order valence-electron chi connectivity index (χ0n) is 19.2. The minimum absolute atomic E-state index is 0.854. The van der Waals surface area contributed by atoms with Crippen LogP contribution < -0.4 is 9.64 Å². The second kappa shape index (κ2) is 9.99. The number of hydrogen-bond donors (Lipinski definition) is 0. The van der Waals surface area contributed by atoms with E-state index < -0.39 is 0 Å². The van der Waals surface area contributed by atoms with E-state index in [0.29, 0.717) is 0 Å². The van der Waals surface area contributed by atoms with Crippen LogP contribution in [0.25, 0.3) is 22.0 Å². The van der Waals surface area contributed by atoms with Crippen LogP contribution in [-0.4, -0.2) is 35.2 Å². The second-order valence-electron chi connectivity index (χ2n) is 8.70. The van der Waals surface area contributed by atoms with Crippen LogP contribution in [0.3, 0.4) is 0 Å². The van der Waals surface area contributed by atoms with Gasteiger partial charge in [-0.05, 0) is 79.5 Å². The third-order valence-electron chi connectivity index (χ3n) is 6.43. The van der Waals surface area contributed by atoms with Crippen molar-refractivity contribution in [2.75, 3.05) is 25.1 Å². The molecular formula is C28H30N4O. The molecule has 0 N–H and O–H groups in total. The number of hydrogen-bond acceptors (Lipinski definition) is 5. The Labute approximate surface area is 195 Å². The predicted octanol–water partition coefficient (Wildman–Crippen LogP) is 5.87. The minimum Gasteiger partial charge on any atom is -0.497 e. The van der Waals surface area contributed by atoms with Crippen LogP contribution in [0.5, 0.6) is 5.75 Å². The molecule has 33 heavy (non-hydrogen) atoms. The minimum atomic E-state index is 0.854. The molecule has 5 heteroatoms. The van der Waals surface area contributed by atoms with Crippen molar-refractivity contribution in [2.45, 2.75) is 38.5 Å². The number of anilines is 1. The third kappa shape index (κ3) is 4.98. The van der Waals surface area contributed by atoms with E-state index >= 15 is 0 Å². The molecule has 168 valence electrons. The second-order valence-corrected chi connectivity index (χ2v) is 8.70. The van der Waals surface area contributed by atoms with Gasteiger partial charge in [0.2, 0.25) is 0 Å². The first-order valence-corrected chi connectivity index (χ1v) is 11.9. The lowest BCUT2D eigenvalue weighted by Crippen LogP contribution is -2.29. The summed E-state index contributed by atoms with van der Waals surface area (Å²) in [5.74, 6) is 1.79. The summed E-state index contributed by atoms with van der Waals surface area (Å²) in [5.41, 5.74) is 4.66. The monoisotopic (exact) mass is 438 g/mol. The largest absolute Gasteiger partial charge is 0.497 e. The van der Waals surface area contributed by atoms with Crippen molar-refractivity contribution < 1.29 is 4.74 Å². The van der Waals surface area contributed by atoms with E-state index in [4.69, 9.17) is 9.72 Å². The summed E-state index contributed by atoms with van der Waals surface area (Å²) < 4.78 is 5.52. The fraction of sp³-hybridized carbons (Fsp3) is 0.321. The van der Waals surface area contributed by atoms with Gasteiger partial charge in [0.15, 0.2) is 0 Å². The lowest BCUT2D eigenvalue weighted by atomic mass is 10.00. The van der Waals surface area contributed by atoms with E-state index in [1.165, 1.54) is 41.3 Å². The highest BCUT2D eigenvalue weighted by Crippen LogP contribution is 2.36. The van der Waals surface area contributed by atoms with Gasteiger partial charge >= 0.3 is 0 Å². The predicted molar refractivity (Wildman–Crippen MR) is 134 cm³/mol. The smallest absolute Gasteiger partial charge is 0.128 e. The van der Waals surface area contributed by atoms with Crippen molar-refractivity contribution in [2.24, 2.45) is 0 Å². The van der Waals surface area contributed by atoms with E-state index in [1.807, 2.05) is 36.8 Å². The van der Waals surface area contributed by atoms with E-state index in [9.17, 15) is 0 Å². The van der Waals surface area contributed by atoms with Gasteiger partial charge in [-0.25, -0.2) is 9.97 Å². The molecule has 4 aromatic rings. The van der Waals surface area contributed by atoms with Crippen molar-refractivity contribution in [1.82, 2.24) is 15.0 Å². The number of fused-ring (bicyclic) bond motifs is 1. The van der Waals surface area contributed by atoms with Crippen LogP contribution in [0.4, 0.5) is 5.69 Å². The van der Waals surface area contributed by atoms with Gasteiger partial charge in [0.05, 0.1) is 12.8 Å². The van der Waals surface area contributed by atoms with Gasteiger partial charge in [-0.2, -0.15) is 0 Å². The highest BCUT2D eigenvalue weighted by molar-refractivity contribution is 5.98. The number of ether oxygens (including phenoxy) is 1. The van der Waals surface area contributed by atoms with Crippen molar-refractivity contribution in [1.29, 1.82) is 0 Å². The highest BCUT2D eigenvalue weighted by Gasteiger charge is 2.16. The molecular weight excluding hydrogens is 408 g/mol. The maximum Gasteiger partial charge on any atom is 0.128 e. The van der Waals surface area contributed by atoms with Crippen molar-refractivity contribution in [3.63, 3.8) is 0 Å². The van der Waals surface area contributed by atoms with Crippen LogP contribution in [-0.2, 0) is 12.8 Å². The Bertz CT molecular complexity index is 1220. The Kier molecular flexibility index (Phi) is 6.47. The number of pyridine rings is 1. The molecule has 0 atom stereocenters. The molecule has 0 amide bonds. The number of nitrogens with zero attached hydrogens (tertiary/aromatic N) is 4. The molecule has 5 rings (SSSR count). The summed E-state index contributed by atoms with van der Waals surface area (Å²) in [6.07, 6.45) is 12.3. The van der Waals surface area contributed by atoms with E-state index in [-0.39, 0.29) is 0 Å². The molecule has 0 radical (unpaired) electrons. The first kappa shape index (κ1) is 21.4. The molecule has 2 aromatic heterocycles. The number of methoxy groups -OCH3 is 1. The molecule has 1 aliphatic rings. The van der Waals surface area contributed by atoms with Gasteiger partial charge in [0.1, 0.15) is 11.6 Å². The fourth-order valence-electron chi connectivity index (χ4n) is 4.67. The number of benzene rings is 2. The Morgan fingerprint density at radius 1 is 0.939 bits per heavy atom. The normalized spacial score (nSPS) is 13.9. The van der Waals surface area contributed by atoms with E-state index in [1.54, 1.807) is 7.11 Å². The summed E-state index contributed by atoms with van der Waals surface area (Å²) >= 11 is 0. The number of aryl methyl sites for hydroxylation is 2. The number of rotatable bonds is 7. The van der Waals surface area contributed by atoms with Crippen molar-refractivity contribution in [3.8, 4) is 17.0 Å². The van der Waals surface area contributed by atoms with Crippen molar-refractivity contribution >= 4 is 16.5 Å². The standard InChI is InChI=1S/C28H30N4O/c1-33-24-11-10-22-17-23(18-27(25(22)19-24)32-15-3-2-4-16-32)26-12-14-30-28(31-26)9-5-7-21-8-6-13-29-20-21/h6,8,10-14,17-20H,2-5,7,9,15-16H2,1H3. The van der Waals surface area contributed by atoms with Gasteiger partial charge in [-0.1, -0.05) is 12.1 Å². The Morgan fingerprint density at radius 3 is 2.67 bits per heavy atom. The Hall–Kier alpha value is -3.47. The summed E-state index contributed by atoms with van der Waals surface area (Å²) in [5, 5.41) is 2.45.